The van der Waals surface area contributed by atoms with Gasteiger partial charge in [-0.3, -0.25) is 4.72 Å². The molecular formula is C14H16ClN3O2S. The molecule has 3 N–H and O–H groups in total. The number of halogens is 1. The molecule has 0 amide bonds. The molecule has 2 aromatic rings. The average molecular weight is 326 g/mol. The summed E-state index contributed by atoms with van der Waals surface area (Å²) in [6.45, 7) is 4.14. The first-order valence-corrected chi connectivity index (χ1v) is 8.19. The van der Waals surface area contributed by atoms with Gasteiger partial charge in [-0.2, -0.15) is 0 Å². The Morgan fingerprint density at radius 3 is 2.38 bits per heavy atom. The van der Waals surface area contributed by atoms with Crippen LogP contribution in [0.3, 0.4) is 0 Å². The lowest BCUT2D eigenvalue weighted by molar-refractivity contribution is 0.601. The van der Waals surface area contributed by atoms with Crippen LogP contribution in [-0.4, -0.2) is 13.4 Å². The highest BCUT2D eigenvalue weighted by Crippen LogP contribution is 2.23. The van der Waals surface area contributed by atoms with Gasteiger partial charge >= 0.3 is 0 Å². The van der Waals surface area contributed by atoms with Gasteiger partial charge in [0.25, 0.3) is 10.0 Å². The maximum atomic E-state index is 12.2. The van der Waals surface area contributed by atoms with Crippen LogP contribution >= 0.6 is 11.6 Å². The lowest BCUT2D eigenvalue weighted by Crippen LogP contribution is -2.13. The van der Waals surface area contributed by atoms with Gasteiger partial charge in [-0.25, -0.2) is 13.4 Å². The lowest BCUT2D eigenvalue weighted by Gasteiger charge is -2.10. The molecule has 21 heavy (non-hydrogen) atoms. The SMILES string of the molecule is CC(C)c1ccc(NS(=O)(=O)c2cnc(N)c(Cl)c2)cc1. The zero-order valence-electron chi connectivity index (χ0n) is 11.7. The summed E-state index contributed by atoms with van der Waals surface area (Å²) < 4.78 is 26.9. The minimum atomic E-state index is -3.74. The summed E-state index contributed by atoms with van der Waals surface area (Å²) in [5.41, 5.74) is 7.08. The van der Waals surface area contributed by atoms with Crippen molar-refractivity contribution in [2.75, 3.05) is 10.5 Å². The van der Waals surface area contributed by atoms with Crippen molar-refractivity contribution in [1.82, 2.24) is 4.98 Å². The van der Waals surface area contributed by atoms with E-state index in [0.717, 1.165) is 5.56 Å². The van der Waals surface area contributed by atoms with Crippen LogP contribution in [0.2, 0.25) is 5.02 Å². The minimum absolute atomic E-state index is 0.0327. The van der Waals surface area contributed by atoms with Gasteiger partial charge < -0.3 is 5.73 Å². The highest BCUT2D eigenvalue weighted by atomic mass is 35.5. The number of hydrogen-bond donors (Lipinski definition) is 2. The summed E-state index contributed by atoms with van der Waals surface area (Å²) in [5.74, 6) is 0.479. The molecular weight excluding hydrogens is 310 g/mol. The van der Waals surface area contributed by atoms with Crippen LogP contribution in [-0.2, 0) is 10.0 Å². The van der Waals surface area contributed by atoms with E-state index in [1.807, 2.05) is 12.1 Å². The van der Waals surface area contributed by atoms with E-state index < -0.39 is 10.0 Å². The van der Waals surface area contributed by atoms with E-state index in [9.17, 15) is 8.42 Å². The Hall–Kier alpha value is -1.79. The Morgan fingerprint density at radius 1 is 1.24 bits per heavy atom. The van der Waals surface area contributed by atoms with Gasteiger partial charge in [0.1, 0.15) is 10.7 Å². The normalized spacial score (nSPS) is 11.6. The van der Waals surface area contributed by atoms with Crippen LogP contribution in [0.25, 0.3) is 0 Å². The van der Waals surface area contributed by atoms with E-state index in [-0.39, 0.29) is 15.7 Å². The largest absolute Gasteiger partial charge is 0.382 e. The summed E-state index contributed by atoms with van der Waals surface area (Å²) in [4.78, 5) is 3.72. The van der Waals surface area contributed by atoms with E-state index in [4.69, 9.17) is 17.3 Å². The van der Waals surface area contributed by atoms with E-state index in [2.05, 4.69) is 23.6 Å². The molecule has 7 heteroatoms. The zero-order chi connectivity index (χ0) is 15.6. The molecule has 1 aromatic carbocycles. The fraction of sp³-hybridized carbons (Fsp3) is 0.214. The highest BCUT2D eigenvalue weighted by molar-refractivity contribution is 7.92. The molecule has 1 aromatic heterocycles. The van der Waals surface area contributed by atoms with Crippen LogP contribution in [0.5, 0.6) is 0 Å². The van der Waals surface area contributed by atoms with Crippen molar-refractivity contribution in [3.05, 3.63) is 47.1 Å². The zero-order valence-corrected chi connectivity index (χ0v) is 13.2. The number of nitrogen functional groups attached to an aromatic ring is 1. The molecule has 0 atom stereocenters. The molecule has 2 rings (SSSR count). The van der Waals surface area contributed by atoms with Crippen molar-refractivity contribution in [2.45, 2.75) is 24.7 Å². The number of hydrogen-bond acceptors (Lipinski definition) is 4. The predicted octanol–water partition coefficient (Wildman–Crippen LogP) is 3.24. The van der Waals surface area contributed by atoms with E-state index in [1.54, 1.807) is 12.1 Å². The first-order valence-electron chi connectivity index (χ1n) is 6.33. The summed E-state index contributed by atoms with van der Waals surface area (Å²) >= 11 is 5.80. The van der Waals surface area contributed by atoms with Crippen LogP contribution in [0.1, 0.15) is 25.3 Å². The fourth-order valence-corrected chi connectivity index (χ4v) is 2.99. The number of anilines is 2. The molecule has 0 aliphatic heterocycles. The van der Waals surface area contributed by atoms with Gasteiger partial charge in [-0.05, 0) is 29.7 Å². The van der Waals surface area contributed by atoms with Gasteiger partial charge in [0.15, 0.2) is 0 Å². The first-order chi connectivity index (χ1) is 9.79. The summed E-state index contributed by atoms with van der Waals surface area (Å²) in [6.07, 6.45) is 1.17. The smallest absolute Gasteiger partial charge is 0.263 e. The van der Waals surface area contributed by atoms with Crippen molar-refractivity contribution in [3.63, 3.8) is 0 Å². The lowest BCUT2D eigenvalue weighted by atomic mass is 10.0. The summed E-state index contributed by atoms with van der Waals surface area (Å²) in [7, 11) is -3.74. The third-order valence-electron chi connectivity index (χ3n) is 2.98. The number of aromatic nitrogens is 1. The summed E-state index contributed by atoms with van der Waals surface area (Å²) in [6, 6.07) is 8.49. The summed E-state index contributed by atoms with van der Waals surface area (Å²) in [5, 5.41) is 0.105. The molecule has 1 heterocycles. The standard InChI is InChI=1S/C14H16ClN3O2S/c1-9(2)10-3-5-11(6-4-10)18-21(19,20)12-7-13(15)14(16)17-8-12/h3-9,18H,1-2H3,(H2,16,17). The van der Waals surface area contributed by atoms with Crippen molar-refractivity contribution in [3.8, 4) is 0 Å². The molecule has 0 unspecified atom stereocenters. The second-order valence-electron chi connectivity index (χ2n) is 4.92. The third-order valence-corrected chi connectivity index (χ3v) is 4.64. The number of rotatable bonds is 4. The second kappa shape index (κ2) is 5.91. The highest BCUT2D eigenvalue weighted by Gasteiger charge is 2.16. The molecule has 5 nitrogen and oxygen atoms in total. The Balaban J connectivity index is 2.26. The topological polar surface area (TPSA) is 85.1 Å². The Kier molecular flexibility index (Phi) is 4.39. The number of nitrogens with one attached hydrogen (secondary N) is 1. The molecule has 0 saturated carbocycles. The van der Waals surface area contributed by atoms with Gasteiger partial charge in [0, 0.05) is 11.9 Å². The number of sulfonamides is 1. The number of benzene rings is 1. The molecule has 0 radical (unpaired) electrons. The van der Waals surface area contributed by atoms with Crippen LogP contribution in [0.15, 0.2) is 41.4 Å². The maximum absolute atomic E-state index is 12.2. The number of nitrogens with two attached hydrogens (primary N) is 1. The molecule has 112 valence electrons. The number of nitrogens with zero attached hydrogens (tertiary/aromatic N) is 1. The maximum Gasteiger partial charge on any atom is 0.263 e. The van der Waals surface area contributed by atoms with Crippen LogP contribution < -0.4 is 10.5 Å². The minimum Gasteiger partial charge on any atom is -0.382 e. The molecule has 0 fully saturated rings. The van der Waals surface area contributed by atoms with Crippen molar-refractivity contribution >= 4 is 33.1 Å². The fourth-order valence-electron chi connectivity index (χ4n) is 1.73. The molecule has 0 saturated heterocycles. The third kappa shape index (κ3) is 3.65. The van der Waals surface area contributed by atoms with E-state index in [1.165, 1.54) is 12.3 Å². The molecule has 0 aliphatic carbocycles. The van der Waals surface area contributed by atoms with Crippen molar-refractivity contribution in [1.29, 1.82) is 0 Å². The molecule has 0 spiro atoms. The van der Waals surface area contributed by atoms with Crippen LogP contribution in [0, 0.1) is 0 Å². The van der Waals surface area contributed by atoms with Crippen LogP contribution in [0.4, 0.5) is 11.5 Å². The Morgan fingerprint density at radius 2 is 1.86 bits per heavy atom. The van der Waals surface area contributed by atoms with Gasteiger partial charge in [-0.15, -0.1) is 0 Å². The second-order valence-corrected chi connectivity index (χ2v) is 7.01. The van der Waals surface area contributed by atoms with Gasteiger partial charge in [-0.1, -0.05) is 37.6 Å². The Bertz CT molecular complexity index is 743. The van der Waals surface area contributed by atoms with E-state index in [0.29, 0.717) is 11.6 Å². The monoisotopic (exact) mass is 325 g/mol. The quantitative estimate of drug-likeness (QED) is 0.903. The van der Waals surface area contributed by atoms with Crippen molar-refractivity contribution < 1.29 is 8.42 Å². The first kappa shape index (κ1) is 15.6. The average Bonchev–Trinajstić information content (AvgIpc) is 2.42. The van der Waals surface area contributed by atoms with Crippen molar-refractivity contribution in [2.24, 2.45) is 0 Å². The number of pyridine rings is 1. The van der Waals surface area contributed by atoms with E-state index >= 15 is 0 Å². The Labute approximate surface area is 129 Å². The van der Waals surface area contributed by atoms with Gasteiger partial charge in [0.2, 0.25) is 0 Å². The molecule has 0 aliphatic rings. The molecule has 0 bridgehead atoms. The predicted molar refractivity (Wildman–Crippen MR) is 85.0 cm³/mol. The van der Waals surface area contributed by atoms with Gasteiger partial charge in [0.05, 0.1) is 5.02 Å².